The summed E-state index contributed by atoms with van der Waals surface area (Å²) in [7, 11) is -3.31. The molecule has 0 aliphatic carbocycles. The van der Waals surface area contributed by atoms with Gasteiger partial charge in [-0.05, 0) is 18.2 Å². The minimum absolute atomic E-state index is 0.104. The second-order valence-corrected chi connectivity index (χ2v) is 10.5. The molecule has 1 aromatic rings. The number of hydrogen-bond acceptors (Lipinski definition) is 4. The fourth-order valence-corrected chi connectivity index (χ4v) is 7.11. The Morgan fingerprint density at radius 3 is 2.59 bits per heavy atom. The molecule has 3 rings (SSSR count). The lowest BCUT2D eigenvalue weighted by Crippen LogP contribution is -2.38. The molecule has 0 aromatic heterocycles. The number of alkyl halides is 3. The van der Waals surface area contributed by atoms with Crippen molar-refractivity contribution in [2.24, 2.45) is 10.9 Å². The normalized spacial score (nSPS) is 26.0. The third kappa shape index (κ3) is 4.12. The van der Waals surface area contributed by atoms with E-state index in [4.69, 9.17) is 11.6 Å². The van der Waals surface area contributed by atoms with E-state index in [-0.39, 0.29) is 28.3 Å². The summed E-state index contributed by atoms with van der Waals surface area (Å²) in [6, 6.07) is 2.77. The lowest BCUT2D eigenvalue weighted by Gasteiger charge is -2.25. The first-order chi connectivity index (χ1) is 12.4. The van der Waals surface area contributed by atoms with Crippen LogP contribution in [0.5, 0.6) is 0 Å². The first-order valence-corrected chi connectivity index (χ1v) is 11.1. The molecule has 11 heteroatoms. The molecule has 2 atom stereocenters. The number of rotatable bonds is 2. The van der Waals surface area contributed by atoms with E-state index in [1.807, 2.05) is 0 Å². The van der Waals surface area contributed by atoms with Crippen molar-refractivity contribution in [3.05, 3.63) is 28.8 Å². The average molecular weight is 441 g/mol. The van der Waals surface area contributed by atoms with Crippen LogP contribution in [0.4, 0.5) is 18.9 Å². The van der Waals surface area contributed by atoms with Crippen LogP contribution in [0.25, 0.3) is 0 Å². The summed E-state index contributed by atoms with van der Waals surface area (Å²) in [5, 5.41) is -0.627. The van der Waals surface area contributed by atoms with E-state index in [2.05, 4.69) is 4.99 Å². The highest BCUT2D eigenvalue weighted by atomic mass is 35.5. The molecule has 0 spiro atoms. The molecule has 2 aliphatic heterocycles. The third-order valence-electron chi connectivity index (χ3n) is 4.30. The van der Waals surface area contributed by atoms with E-state index >= 15 is 0 Å². The van der Waals surface area contributed by atoms with Crippen LogP contribution in [0.2, 0.25) is 5.02 Å². The Bertz CT molecular complexity index is 916. The SMILES string of the molecule is CC(C)C(=O)N=C1S[C@@H]2CS(=O)(=O)C[C@H]2N1c1ccc(Cl)c(C(F)(F)F)c1. The van der Waals surface area contributed by atoms with Crippen LogP contribution in [0, 0.1) is 5.92 Å². The highest BCUT2D eigenvalue weighted by Crippen LogP contribution is 2.43. The zero-order valence-corrected chi connectivity index (χ0v) is 16.7. The van der Waals surface area contributed by atoms with Crippen LogP contribution < -0.4 is 4.90 Å². The van der Waals surface area contributed by atoms with Crippen LogP contribution in [0.15, 0.2) is 23.2 Å². The molecule has 1 aromatic carbocycles. The zero-order valence-electron chi connectivity index (χ0n) is 14.3. The quantitative estimate of drug-likeness (QED) is 0.702. The van der Waals surface area contributed by atoms with Crippen molar-refractivity contribution >= 4 is 50.0 Å². The third-order valence-corrected chi connectivity index (χ3v) is 7.84. The number of hydrogen-bond donors (Lipinski definition) is 0. The summed E-state index contributed by atoms with van der Waals surface area (Å²) >= 11 is 6.79. The van der Waals surface area contributed by atoms with E-state index in [9.17, 15) is 26.4 Å². The number of benzene rings is 1. The molecule has 5 nitrogen and oxygen atoms in total. The van der Waals surface area contributed by atoms with Gasteiger partial charge >= 0.3 is 6.18 Å². The molecule has 27 heavy (non-hydrogen) atoms. The Labute approximate surface area is 163 Å². The molecule has 0 N–H and O–H groups in total. The van der Waals surface area contributed by atoms with Crippen molar-refractivity contribution in [3.8, 4) is 0 Å². The second kappa shape index (κ2) is 6.97. The summed E-state index contributed by atoms with van der Waals surface area (Å²) in [6.45, 7) is 3.32. The van der Waals surface area contributed by atoms with Crippen LogP contribution in [-0.2, 0) is 20.8 Å². The van der Waals surface area contributed by atoms with Gasteiger partial charge in [0.05, 0.1) is 28.1 Å². The Kier molecular flexibility index (Phi) is 5.28. The maximum absolute atomic E-state index is 13.2. The van der Waals surface area contributed by atoms with E-state index < -0.39 is 43.8 Å². The minimum atomic E-state index is -4.66. The molecule has 0 radical (unpaired) electrons. The number of sulfone groups is 1. The summed E-state index contributed by atoms with van der Waals surface area (Å²) < 4.78 is 63.7. The first kappa shape index (κ1) is 20.5. The highest BCUT2D eigenvalue weighted by molar-refractivity contribution is 8.16. The van der Waals surface area contributed by atoms with Crippen LogP contribution >= 0.6 is 23.4 Å². The largest absolute Gasteiger partial charge is 0.417 e. The molecule has 2 saturated heterocycles. The first-order valence-electron chi connectivity index (χ1n) is 8.04. The van der Waals surface area contributed by atoms with Gasteiger partial charge in [0.25, 0.3) is 5.91 Å². The maximum Gasteiger partial charge on any atom is 0.417 e. The molecular formula is C16H16ClF3N2O3S2. The van der Waals surface area contributed by atoms with Crippen molar-refractivity contribution < 1.29 is 26.4 Å². The van der Waals surface area contributed by atoms with Crippen molar-refractivity contribution in [1.82, 2.24) is 0 Å². The standard InChI is InChI=1S/C16H16ClF3N2O3S2/c1-8(2)14(23)21-15-22(12-6-27(24,25)7-13(12)26-15)9-3-4-11(17)10(5-9)16(18,19)20/h3-5,8,12-13H,6-7H2,1-2H3/t12-,13-/m1/s1. The number of amidine groups is 1. The highest BCUT2D eigenvalue weighted by Gasteiger charge is 2.49. The molecule has 148 valence electrons. The summed E-state index contributed by atoms with van der Waals surface area (Å²) in [6.07, 6.45) is -4.66. The topological polar surface area (TPSA) is 66.8 Å². The fourth-order valence-electron chi connectivity index (χ4n) is 2.97. The van der Waals surface area contributed by atoms with E-state index in [0.29, 0.717) is 0 Å². The van der Waals surface area contributed by atoms with Gasteiger partial charge in [0, 0.05) is 16.9 Å². The smallest absolute Gasteiger partial charge is 0.316 e. The number of carbonyl (C=O) groups is 1. The predicted molar refractivity (Wildman–Crippen MR) is 100 cm³/mol. The van der Waals surface area contributed by atoms with Crippen molar-refractivity contribution in [2.75, 3.05) is 16.4 Å². The van der Waals surface area contributed by atoms with Crippen LogP contribution in [-0.4, -0.2) is 42.3 Å². The minimum Gasteiger partial charge on any atom is -0.316 e. The Morgan fingerprint density at radius 2 is 2.00 bits per heavy atom. The second-order valence-electron chi connectivity index (χ2n) is 6.72. The summed E-state index contributed by atoms with van der Waals surface area (Å²) in [5.74, 6) is -1.12. The van der Waals surface area contributed by atoms with Gasteiger partial charge in [-0.25, -0.2) is 8.42 Å². The van der Waals surface area contributed by atoms with Gasteiger partial charge in [0.15, 0.2) is 15.0 Å². The van der Waals surface area contributed by atoms with Crippen LogP contribution in [0.3, 0.4) is 0 Å². The van der Waals surface area contributed by atoms with Crippen LogP contribution in [0.1, 0.15) is 19.4 Å². The van der Waals surface area contributed by atoms with Crippen molar-refractivity contribution in [3.63, 3.8) is 0 Å². The molecule has 0 unspecified atom stereocenters. The lowest BCUT2D eigenvalue weighted by atomic mass is 10.1. The molecule has 2 heterocycles. The summed E-state index contributed by atoms with van der Waals surface area (Å²) in [4.78, 5) is 17.5. The molecule has 2 aliphatic rings. The van der Waals surface area contributed by atoms with Gasteiger partial charge in [0.2, 0.25) is 0 Å². The van der Waals surface area contributed by atoms with E-state index in [0.717, 1.165) is 23.9 Å². The number of anilines is 1. The number of halogens is 4. The Morgan fingerprint density at radius 1 is 1.33 bits per heavy atom. The molecular weight excluding hydrogens is 425 g/mol. The lowest BCUT2D eigenvalue weighted by molar-refractivity contribution is -0.137. The fraction of sp³-hybridized carbons (Fsp3) is 0.500. The monoisotopic (exact) mass is 440 g/mol. The molecule has 1 amide bonds. The molecule has 0 saturated carbocycles. The number of amides is 1. The van der Waals surface area contributed by atoms with E-state index in [1.54, 1.807) is 13.8 Å². The predicted octanol–water partition coefficient (Wildman–Crippen LogP) is 3.62. The van der Waals surface area contributed by atoms with Gasteiger partial charge < -0.3 is 4.90 Å². The van der Waals surface area contributed by atoms with Gasteiger partial charge in [-0.1, -0.05) is 37.2 Å². The average Bonchev–Trinajstić information content (AvgIpc) is 2.97. The number of fused-ring (bicyclic) bond motifs is 1. The zero-order chi connectivity index (χ0) is 20.1. The van der Waals surface area contributed by atoms with E-state index in [1.165, 1.54) is 11.0 Å². The number of aliphatic imine (C=N–C) groups is 1. The van der Waals surface area contributed by atoms with Gasteiger partial charge in [0.1, 0.15) is 0 Å². The summed E-state index contributed by atoms with van der Waals surface area (Å²) in [5.41, 5.74) is -0.912. The van der Waals surface area contributed by atoms with Crippen molar-refractivity contribution in [2.45, 2.75) is 31.3 Å². The Balaban J connectivity index is 2.09. The maximum atomic E-state index is 13.2. The molecule has 0 bridgehead atoms. The number of carbonyl (C=O) groups excluding carboxylic acids is 1. The van der Waals surface area contributed by atoms with Gasteiger partial charge in [-0.3, -0.25) is 4.79 Å². The Hall–Kier alpha value is -1.26. The van der Waals surface area contributed by atoms with Crippen molar-refractivity contribution in [1.29, 1.82) is 0 Å². The number of nitrogens with zero attached hydrogens (tertiary/aromatic N) is 2. The van der Waals surface area contributed by atoms with Gasteiger partial charge in [-0.15, -0.1) is 0 Å². The number of thioether (sulfide) groups is 1. The molecule has 2 fully saturated rings. The van der Waals surface area contributed by atoms with Gasteiger partial charge in [-0.2, -0.15) is 18.2 Å².